The molecule has 35 heavy (non-hydrogen) atoms. The SMILES string of the molecule is COc1ccc(C=CC(=O)Nc2ccc(C(=O)NC[C@H]3CCCN4CCCC[C@H]34)cc2)c(OC)c1. The standard InChI is InChI=1S/C28H35N3O4/c1-34-24-14-10-20(26(18-24)35-2)11-15-27(32)30-23-12-8-21(9-13-23)28(33)29-19-22-6-5-17-31-16-4-3-7-25(22)31/h8-15,18,22,25H,3-7,16-17,19H2,1-2H3,(H,29,33)(H,30,32)/t22-,25-/m1/s1. The molecule has 2 amide bonds. The number of amides is 2. The van der Waals surface area contributed by atoms with Crippen LogP contribution in [0.5, 0.6) is 11.5 Å². The predicted octanol–water partition coefficient (Wildman–Crippen LogP) is 4.35. The quantitative estimate of drug-likeness (QED) is 0.553. The lowest BCUT2D eigenvalue weighted by Gasteiger charge is -2.44. The Morgan fingerprint density at radius 1 is 1.00 bits per heavy atom. The molecule has 7 nitrogen and oxygen atoms in total. The van der Waals surface area contributed by atoms with E-state index in [-0.39, 0.29) is 11.8 Å². The van der Waals surface area contributed by atoms with Gasteiger partial charge >= 0.3 is 0 Å². The third-order valence-corrected chi connectivity index (χ3v) is 7.02. The number of nitrogens with zero attached hydrogens (tertiary/aromatic N) is 1. The predicted molar refractivity (Wildman–Crippen MR) is 138 cm³/mol. The van der Waals surface area contributed by atoms with Crippen LogP contribution in [0.25, 0.3) is 6.08 Å². The van der Waals surface area contributed by atoms with Crippen molar-refractivity contribution in [2.45, 2.75) is 38.1 Å². The summed E-state index contributed by atoms with van der Waals surface area (Å²) in [6.07, 6.45) is 9.37. The smallest absolute Gasteiger partial charge is 0.251 e. The van der Waals surface area contributed by atoms with Crippen LogP contribution in [0, 0.1) is 5.92 Å². The summed E-state index contributed by atoms with van der Waals surface area (Å²) in [6, 6.07) is 13.0. The first kappa shape index (κ1) is 24.8. The first-order valence-corrected chi connectivity index (χ1v) is 12.4. The maximum absolute atomic E-state index is 12.7. The van der Waals surface area contributed by atoms with E-state index in [2.05, 4.69) is 15.5 Å². The number of benzene rings is 2. The molecule has 2 fully saturated rings. The summed E-state index contributed by atoms with van der Waals surface area (Å²) in [5.74, 6) is 1.50. The third-order valence-electron chi connectivity index (χ3n) is 7.02. The van der Waals surface area contributed by atoms with Crippen LogP contribution < -0.4 is 20.1 Å². The summed E-state index contributed by atoms with van der Waals surface area (Å²) in [6.45, 7) is 3.12. The highest BCUT2D eigenvalue weighted by atomic mass is 16.5. The molecule has 0 bridgehead atoms. The topological polar surface area (TPSA) is 79.9 Å². The molecule has 0 radical (unpaired) electrons. The molecule has 2 N–H and O–H groups in total. The number of hydrogen-bond acceptors (Lipinski definition) is 5. The number of carbonyl (C=O) groups excluding carboxylic acids is 2. The van der Waals surface area contributed by atoms with Crippen molar-refractivity contribution in [2.75, 3.05) is 39.2 Å². The fraction of sp³-hybridized carbons (Fsp3) is 0.429. The van der Waals surface area contributed by atoms with Gasteiger partial charge in [-0.05, 0) is 87.2 Å². The Kier molecular flexibility index (Phi) is 8.42. The lowest BCUT2D eigenvalue weighted by molar-refractivity contribution is -0.111. The van der Waals surface area contributed by atoms with Crippen LogP contribution in [0.3, 0.4) is 0 Å². The molecule has 0 unspecified atom stereocenters. The molecule has 0 aliphatic carbocycles. The Bertz CT molecular complexity index is 1050. The Labute approximate surface area is 207 Å². The molecule has 0 aromatic heterocycles. The van der Waals surface area contributed by atoms with Gasteiger partial charge in [-0.3, -0.25) is 9.59 Å². The highest BCUT2D eigenvalue weighted by Gasteiger charge is 2.32. The fourth-order valence-corrected chi connectivity index (χ4v) is 5.15. The van der Waals surface area contributed by atoms with Crippen LogP contribution in [-0.2, 0) is 4.79 Å². The minimum Gasteiger partial charge on any atom is -0.497 e. The summed E-state index contributed by atoms with van der Waals surface area (Å²) in [5, 5.41) is 5.96. The Balaban J connectivity index is 1.28. The van der Waals surface area contributed by atoms with Crippen molar-refractivity contribution in [1.29, 1.82) is 0 Å². The molecule has 7 heteroatoms. The highest BCUT2D eigenvalue weighted by Crippen LogP contribution is 2.30. The Hall–Kier alpha value is -3.32. The van der Waals surface area contributed by atoms with E-state index < -0.39 is 0 Å². The normalized spacial score (nSPS) is 20.2. The van der Waals surface area contributed by atoms with E-state index in [9.17, 15) is 9.59 Å². The van der Waals surface area contributed by atoms with Crippen LogP contribution in [0.2, 0.25) is 0 Å². The van der Waals surface area contributed by atoms with Gasteiger partial charge in [-0.2, -0.15) is 0 Å². The zero-order valence-corrected chi connectivity index (χ0v) is 20.6. The summed E-state index contributed by atoms with van der Waals surface area (Å²) in [7, 11) is 3.16. The maximum Gasteiger partial charge on any atom is 0.251 e. The van der Waals surface area contributed by atoms with Gasteiger partial charge < -0.3 is 25.0 Å². The number of methoxy groups -OCH3 is 2. The number of ether oxygens (including phenoxy) is 2. The lowest BCUT2D eigenvalue weighted by Crippen LogP contribution is -2.51. The Morgan fingerprint density at radius 3 is 2.57 bits per heavy atom. The van der Waals surface area contributed by atoms with Crippen molar-refractivity contribution in [1.82, 2.24) is 10.2 Å². The summed E-state index contributed by atoms with van der Waals surface area (Å²) >= 11 is 0. The molecule has 2 aromatic carbocycles. The lowest BCUT2D eigenvalue weighted by atomic mass is 9.83. The van der Waals surface area contributed by atoms with E-state index in [1.807, 2.05) is 12.1 Å². The van der Waals surface area contributed by atoms with Gasteiger partial charge in [0.1, 0.15) is 11.5 Å². The first-order valence-electron chi connectivity index (χ1n) is 12.4. The molecule has 2 aromatic rings. The molecule has 0 saturated carbocycles. The minimum absolute atomic E-state index is 0.0673. The summed E-state index contributed by atoms with van der Waals surface area (Å²) < 4.78 is 10.6. The zero-order valence-electron chi connectivity index (χ0n) is 20.6. The van der Waals surface area contributed by atoms with Crippen LogP contribution in [-0.4, -0.2) is 56.6 Å². The van der Waals surface area contributed by atoms with Gasteiger partial charge in [0.25, 0.3) is 5.91 Å². The number of piperidine rings is 2. The average Bonchev–Trinajstić information content (AvgIpc) is 2.90. The molecular weight excluding hydrogens is 442 g/mol. The number of hydrogen-bond donors (Lipinski definition) is 2. The van der Waals surface area contributed by atoms with E-state index in [0.29, 0.717) is 34.7 Å². The van der Waals surface area contributed by atoms with Crippen LogP contribution in [0.1, 0.15) is 48.0 Å². The molecule has 4 rings (SSSR count). The van der Waals surface area contributed by atoms with Crippen molar-refractivity contribution in [3.05, 3.63) is 59.7 Å². The van der Waals surface area contributed by atoms with Crippen molar-refractivity contribution in [2.24, 2.45) is 5.92 Å². The number of nitrogens with one attached hydrogen (secondary N) is 2. The van der Waals surface area contributed by atoms with Crippen LogP contribution in [0.4, 0.5) is 5.69 Å². The van der Waals surface area contributed by atoms with Gasteiger partial charge in [-0.15, -0.1) is 0 Å². The molecular formula is C28H35N3O4. The third kappa shape index (κ3) is 6.42. The number of rotatable bonds is 8. The minimum atomic E-state index is -0.269. The van der Waals surface area contributed by atoms with E-state index in [1.165, 1.54) is 51.3 Å². The van der Waals surface area contributed by atoms with Crippen molar-refractivity contribution in [3.8, 4) is 11.5 Å². The largest absolute Gasteiger partial charge is 0.497 e. The number of fused-ring (bicyclic) bond motifs is 1. The maximum atomic E-state index is 12.7. The molecule has 2 atom stereocenters. The highest BCUT2D eigenvalue weighted by molar-refractivity contribution is 6.02. The monoisotopic (exact) mass is 477 g/mol. The van der Waals surface area contributed by atoms with E-state index in [0.717, 1.165) is 12.1 Å². The molecule has 2 saturated heterocycles. The fourth-order valence-electron chi connectivity index (χ4n) is 5.15. The molecule has 0 spiro atoms. The zero-order chi connectivity index (χ0) is 24.6. The van der Waals surface area contributed by atoms with E-state index in [1.54, 1.807) is 50.6 Å². The second kappa shape index (κ2) is 11.9. The number of anilines is 1. The molecule has 186 valence electrons. The van der Waals surface area contributed by atoms with Crippen LogP contribution in [0.15, 0.2) is 48.5 Å². The van der Waals surface area contributed by atoms with Gasteiger partial charge in [0, 0.05) is 41.5 Å². The van der Waals surface area contributed by atoms with Gasteiger partial charge in [0.15, 0.2) is 0 Å². The van der Waals surface area contributed by atoms with Gasteiger partial charge in [-0.25, -0.2) is 0 Å². The van der Waals surface area contributed by atoms with Gasteiger partial charge in [-0.1, -0.05) is 6.42 Å². The second-order valence-corrected chi connectivity index (χ2v) is 9.22. The average molecular weight is 478 g/mol. The second-order valence-electron chi connectivity index (χ2n) is 9.22. The van der Waals surface area contributed by atoms with E-state index >= 15 is 0 Å². The van der Waals surface area contributed by atoms with Gasteiger partial charge in [0.2, 0.25) is 5.91 Å². The van der Waals surface area contributed by atoms with Crippen LogP contribution >= 0.6 is 0 Å². The van der Waals surface area contributed by atoms with E-state index in [4.69, 9.17) is 9.47 Å². The summed E-state index contributed by atoms with van der Waals surface area (Å²) in [4.78, 5) is 27.7. The molecule has 2 aliphatic rings. The van der Waals surface area contributed by atoms with Gasteiger partial charge in [0.05, 0.1) is 14.2 Å². The Morgan fingerprint density at radius 2 is 1.80 bits per heavy atom. The molecule has 2 heterocycles. The van der Waals surface area contributed by atoms with Crippen molar-refractivity contribution >= 4 is 23.6 Å². The van der Waals surface area contributed by atoms with Crippen molar-refractivity contribution < 1.29 is 19.1 Å². The molecule has 2 aliphatic heterocycles. The summed E-state index contributed by atoms with van der Waals surface area (Å²) in [5.41, 5.74) is 1.99. The number of carbonyl (C=O) groups is 2. The van der Waals surface area contributed by atoms with Crippen molar-refractivity contribution in [3.63, 3.8) is 0 Å². The first-order chi connectivity index (χ1) is 17.1.